The maximum absolute atomic E-state index is 11.6. The number of benzene rings is 1. The minimum Gasteiger partial charge on any atom is -0.423 e. The van der Waals surface area contributed by atoms with E-state index in [9.17, 15) is 4.79 Å². The van der Waals surface area contributed by atoms with Gasteiger partial charge in [-0.25, -0.2) is 4.79 Å². The molecule has 108 valence electrons. The van der Waals surface area contributed by atoms with Gasteiger partial charge in [0.1, 0.15) is 5.52 Å². The van der Waals surface area contributed by atoms with Crippen molar-refractivity contribution >= 4 is 28.8 Å². The summed E-state index contributed by atoms with van der Waals surface area (Å²) in [5.74, 6) is 0. The predicted molar refractivity (Wildman–Crippen MR) is 77.0 cm³/mol. The van der Waals surface area contributed by atoms with Crippen molar-refractivity contribution in [2.75, 3.05) is 30.9 Å². The molecular weight excluding hydrogens is 260 g/mol. The molecule has 0 bridgehead atoms. The van der Waals surface area contributed by atoms with Crippen LogP contribution in [-0.4, -0.2) is 42.9 Å². The van der Waals surface area contributed by atoms with Crippen LogP contribution in [0.15, 0.2) is 22.6 Å². The number of aliphatic hydroxyl groups excluding tert-OH is 1. The van der Waals surface area contributed by atoms with Crippen LogP contribution in [0, 0.1) is 0 Å². The van der Waals surface area contributed by atoms with E-state index in [0.717, 1.165) is 0 Å². The lowest BCUT2D eigenvalue weighted by Crippen LogP contribution is -2.38. The van der Waals surface area contributed by atoms with Gasteiger partial charge in [-0.05, 0) is 25.1 Å². The molecule has 2 aromatic rings. The minimum atomic E-state index is -0.373. The van der Waals surface area contributed by atoms with Gasteiger partial charge in [0.2, 0.25) is 0 Å². The third kappa shape index (κ3) is 3.18. The van der Waals surface area contributed by atoms with E-state index in [0.29, 0.717) is 22.8 Å². The first-order chi connectivity index (χ1) is 9.49. The number of amides is 2. The van der Waals surface area contributed by atoms with E-state index in [4.69, 9.17) is 9.52 Å². The molecule has 0 spiro atoms. The Kier molecular flexibility index (Phi) is 4.09. The van der Waals surface area contributed by atoms with Gasteiger partial charge in [-0.1, -0.05) is 0 Å². The molecule has 1 heterocycles. The Hall–Kier alpha value is -2.28. The number of carbonyl (C=O) groups excluding carboxylic acids is 1. The highest BCUT2D eigenvalue weighted by Gasteiger charge is 2.10. The van der Waals surface area contributed by atoms with Crippen LogP contribution >= 0.6 is 0 Å². The fourth-order valence-corrected chi connectivity index (χ4v) is 1.62. The average molecular weight is 278 g/mol. The zero-order chi connectivity index (χ0) is 14.7. The summed E-state index contributed by atoms with van der Waals surface area (Å²) >= 11 is 0. The summed E-state index contributed by atoms with van der Waals surface area (Å²) in [4.78, 5) is 17.7. The molecule has 2 rings (SSSR count). The highest BCUT2D eigenvalue weighted by atomic mass is 16.4. The van der Waals surface area contributed by atoms with Gasteiger partial charge in [0.15, 0.2) is 5.58 Å². The normalized spacial score (nSPS) is 12.2. The standard InChI is InChI=1S/C13H18N4O3/c1-8(7-18)14-12(19)15-9-4-5-11-10(6-9)16-13(20-11)17(2)3/h4-6,8,18H,7H2,1-3H3,(H2,14,15,19)/t8-/m0/s1. The lowest BCUT2D eigenvalue weighted by molar-refractivity contribution is 0.229. The molecule has 1 atom stereocenters. The maximum Gasteiger partial charge on any atom is 0.319 e. The highest BCUT2D eigenvalue weighted by molar-refractivity contribution is 5.91. The van der Waals surface area contributed by atoms with Gasteiger partial charge >= 0.3 is 6.03 Å². The largest absolute Gasteiger partial charge is 0.423 e. The predicted octanol–water partition coefficient (Wildman–Crippen LogP) is 1.40. The van der Waals surface area contributed by atoms with E-state index >= 15 is 0 Å². The summed E-state index contributed by atoms with van der Waals surface area (Å²) in [6.07, 6.45) is 0. The number of nitrogens with zero attached hydrogens (tertiary/aromatic N) is 2. The van der Waals surface area contributed by atoms with Gasteiger partial charge in [0.05, 0.1) is 12.6 Å². The first-order valence-electron chi connectivity index (χ1n) is 6.26. The van der Waals surface area contributed by atoms with Gasteiger partial charge in [-0.15, -0.1) is 0 Å². The Morgan fingerprint density at radius 1 is 1.50 bits per heavy atom. The number of hydrogen-bond donors (Lipinski definition) is 3. The van der Waals surface area contributed by atoms with Gasteiger partial charge < -0.3 is 25.1 Å². The monoisotopic (exact) mass is 278 g/mol. The summed E-state index contributed by atoms with van der Waals surface area (Å²) in [7, 11) is 3.68. The molecule has 2 amide bonds. The number of hydrogen-bond acceptors (Lipinski definition) is 5. The van der Waals surface area contributed by atoms with Crippen LogP contribution in [0.3, 0.4) is 0 Å². The number of aromatic nitrogens is 1. The number of rotatable bonds is 4. The van der Waals surface area contributed by atoms with Crippen LogP contribution in [0.4, 0.5) is 16.5 Å². The second-order valence-corrected chi connectivity index (χ2v) is 4.76. The fraction of sp³-hybridized carbons (Fsp3) is 0.385. The van der Waals surface area contributed by atoms with Crippen molar-refractivity contribution in [3.05, 3.63) is 18.2 Å². The molecule has 7 heteroatoms. The summed E-state index contributed by atoms with van der Waals surface area (Å²) in [6, 6.07) is 5.05. The quantitative estimate of drug-likeness (QED) is 0.786. The Morgan fingerprint density at radius 3 is 2.90 bits per heavy atom. The molecule has 0 aliphatic rings. The molecule has 0 saturated carbocycles. The van der Waals surface area contributed by atoms with E-state index in [2.05, 4.69) is 15.6 Å². The van der Waals surface area contributed by atoms with Crippen LogP contribution < -0.4 is 15.5 Å². The number of carbonyl (C=O) groups is 1. The number of nitrogens with one attached hydrogen (secondary N) is 2. The topological polar surface area (TPSA) is 90.6 Å². The molecule has 0 fully saturated rings. The minimum absolute atomic E-state index is 0.109. The maximum atomic E-state index is 11.6. The fourth-order valence-electron chi connectivity index (χ4n) is 1.62. The third-order valence-electron chi connectivity index (χ3n) is 2.67. The first kappa shape index (κ1) is 14.1. The second kappa shape index (κ2) is 5.79. The van der Waals surface area contributed by atoms with Gasteiger partial charge in [-0.3, -0.25) is 0 Å². The lowest BCUT2D eigenvalue weighted by Gasteiger charge is -2.11. The molecular formula is C13H18N4O3. The Labute approximate surface area is 116 Å². The molecule has 20 heavy (non-hydrogen) atoms. The summed E-state index contributed by atoms with van der Waals surface area (Å²) in [5.41, 5.74) is 1.93. The van der Waals surface area contributed by atoms with Crippen LogP contribution in [0.1, 0.15) is 6.92 Å². The summed E-state index contributed by atoms with van der Waals surface area (Å²) < 4.78 is 5.52. The number of anilines is 2. The zero-order valence-electron chi connectivity index (χ0n) is 11.7. The van der Waals surface area contributed by atoms with Crippen molar-refractivity contribution in [3.8, 4) is 0 Å². The van der Waals surface area contributed by atoms with Crippen molar-refractivity contribution in [2.24, 2.45) is 0 Å². The number of urea groups is 1. The molecule has 3 N–H and O–H groups in total. The second-order valence-electron chi connectivity index (χ2n) is 4.76. The zero-order valence-corrected chi connectivity index (χ0v) is 11.7. The van der Waals surface area contributed by atoms with E-state index in [1.165, 1.54) is 0 Å². The van der Waals surface area contributed by atoms with Gasteiger partial charge in [-0.2, -0.15) is 4.98 Å². The number of oxazole rings is 1. The van der Waals surface area contributed by atoms with Crippen molar-refractivity contribution in [2.45, 2.75) is 13.0 Å². The molecule has 0 unspecified atom stereocenters. The van der Waals surface area contributed by atoms with Crippen molar-refractivity contribution < 1.29 is 14.3 Å². The molecule has 0 saturated heterocycles. The number of fused-ring (bicyclic) bond motifs is 1. The van der Waals surface area contributed by atoms with Crippen LogP contribution in [0.2, 0.25) is 0 Å². The Morgan fingerprint density at radius 2 is 2.25 bits per heavy atom. The smallest absolute Gasteiger partial charge is 0.319 e. The first-order valence-corrected chi connectivity index (χ1v) is 6.26. The number of aliphatic hydroxyl groups is 1. The lowest BCUT2D eigenvalue weighted by atomic mass is 10.3. The summed E-state index contributed by atoms with van der Waals surface area (Å²) in [5, 5.41) is 14.2. The van der Waals surface area contributed by atoms with Crippen LogP contribution in [0.5, 0.6) is 0 Å². The molecule has 0 radical (unpaired) electrons. The van der Waals surface area contributed by atoms with E-state index in [1.807, 2.05) is 14.1 Å². The Balaban J connectivity index is 2.13. The van der Waals surface area contributed by atoms with E-state index in [1.54, 1.807) is 30.0 Å². The molecule has 7 nitrogen and oxygen atoms in total. The van der Waals surface area contributed by atoms with Crippen molar-refractivity contribution in [1.82, 2.24) is 10.3 Å². The molecule has 0 aliphatic carbocycles. The van der Waals surface area contributed by atoms with E-state index in [-0.39, 0.29) is 18.7 Å². The molecule has 1 aromatic heterocycles. The van der Waals surface area contributed by atoms with E-state index < -0.39 is 0 Å². The average Bonchev–Trinajstić information content (AvgIpc) is 2.81. The summed E-state index contributed by atoms with van der Waals surface area (Å²) in [6.45, 7) is 1.60. The van der Waals surface area contributed by atoms with Gasteiger partial charge in [0, 0.05) is 19.8 Å². The van der Waals surface area contributed by atoms with Crippen molar-refractivity contribution in [1.29, 1.82) is 0 Å². The van der Waals surface area contributed by atoms with Crippen LogP contribution in [-0.2, 0) is 0 Å². The Bertz CT molecular complexity index is 609. The van der Waals surface area contributed by atoms with Gasteiger partial charge in [0.25, 0.3) is 6.01 Å². The van der Waals surface area contributed by atoms with Crippen LogP contribution in [0.25, 0.3) is 11.1 Å². The molecule has 1 aromatic carbocycles. The SMILES string of the molecule is C[C@@H](CO)NC(=O)Nc1ccc2oc(N(C)C)nc2c1. The third-order valence-corrected chi connectivity index (χ3v) is 2.67. The highest BCUT2D eigenvalue weighted by Crippen LogP contribution is 2.23. The molecule has 0 aliphatic heterocycles. The van der Waals surface area contributed by atoms with Crippen molar-refractivity contribution in [3.63, 3.8) is 0 Å².